The average molecular weight is 565 g/mol. The number of cyclic esters (lactones) is 1. The number of ether oxygens (including phenoxy) is 5. The summed E-state index contributed by atoms with van der Waals surface area (Å²) in [4.78, 5) is 16.8. The Morgan fingerprint density at radius 2 is 1.66 bits per heavy atom. The molecule has 210 valence electrons. The number of likely N-dealkylation sites (tertiary alicyclic amines) is 1. The molecule has 0 aromatic heterocycles. The Labute approximate surface area is 239 Å². The number of nitrogens with zero attached hydrogens (tertiary/aromatic N) is 2. The van der Waals surface area contributed by atoms with Crippen LogP contribution in [0.4, 0.5) is 4.79 Å². The first-order valence-electron chi connectivity index (χ1n) is 12.9. The number of fused-ring (bicyclic) bond motifs is 1. The monoisotopic (exact) mass is 564 g/mol. The number of carbonyl (C=O) groups excluding carboxylic acids is 1. The Balaban J connectivity index is 0.00000200. The van der Waals surface area contributed by atoms with Gasteiger partial charge in [0.25, 0.3) is 0 Å². The first-order chi connectivity index (χ1) is 17.6. The standard InChI is InChI=1S/C28H36N2O6.2H2S/c1-32-24-8-7-21(16-27(24)33-2)15-22-18-35-28(31)30(22)14-11-20-9-12-29(13-10-20)17-23-19-34-25-5-3-4-6-26(25)36-23;;/h3-8,16,20,22-23H,9-15,17-19H2,1-2H3;2*1H2/t22-,23-;;/m0../s1. The van der Waals surface area contributed by atoms with Gasteiger partial charge in [-0.2, -0.15) is 27.0 Å². The second-order valence-corrected chi connectivity index (χ2v) is 9.85. The highest BCUT2D eigenvalue weighted by molar-refractivity contribution is 7.59. The van der Waals surface area contributed by atoms with Gasteiger partial charge < -0.3 is 28.6 Å². The van der Waals surface area contributed by atoms with E-state index >= 15 is 0 Å². The zero-order valence-electron chi connectivity index (χ0n) is 22.2. The fourth-order valence-corrected chi connectivity index (χ4v) is 5.43. The molecule has 0 unspecified atom stereocenters. The van der Waals surface area contributed by atoms with Gasteiger partial charge in [0.15, 0.2) is 23.0 Å². The fraction of sp³-hybridized carbons (Fsp3) is 0.536. The van der Waals surface area contributed by atoms with Crippen LogP contribution in [0, 0.1) is 5.92 Å². The van der Waals surface area contributed by atoms with Crippen molar-refractivity contribution in [2.75, 3.05) is 53.6 Å². The zero-order valence-corrected chi connectivity index (χ0v) is 24.2. The number of hydrogen-bond acceptors (Lipinski definition) is 7. The minimum absolute atomic E-state index is 0. The highest BCUT2D eigenvalue weighted by atomic mass is 32.1. The molecular weight excluding hydrogens is 524 g/mol. The predicted octanol–water partition coefficient (Wildman–Crippen LogP) is 4.23. The molecule has 0 aliphatic carbocycles. The van der Waals surface area contributed by atoms with E-state index in [9.17, 15) is 4.79 Å². The largest absolute Gasteiger partial charge is 0.493 e. The van der Waals surface area contributed by atoms with E-state index in [2.05, 4.69) is 4.90 Å². The number of hydrogen-bond donors (Lipinski definition) is 0. The van der Waals surface area contributed by atoms with E-state index < -0.39 is 0 Å². The van der Waals surface area contributed by atoms with Crippen LogP contribution in [0.15, 0.2) is 42.5 Å². The molecule has 3 aliphatic heterocycles. The van der Waals surface area contributed by atoms with Gasteiger partial charge in [-0.25, -0.2) is 4.79 Å². The van der Waals surface area contributed by atoms with E-state index in [0.29, 0.717) is 30.6 Å². The summed E-state index contributed by atoms with van der Waals surface area (Å²) in [7, 11) is 3.26. The molecule has 2 aromatic rings. The number of amides is 1. The molecule has 0 spiro atoms. The third-order valence-electron chi connectivity index (χ3n) is 7.51. The SMILES string of the molecule is COc1ccc(C[C@H]2COC(=O)N2CCC2CCN(C[C@H]3COc4ccccc4O3)CC2)cc1OC.S.S. The summed E-state index contributed by atoms with van der Waals surface area (Å²) in [5.41, 5.74) is 1.10. The van der Waals surface area contributed by atoms with Crippen LogP contribution in [0.2, 0.25) is 0 Å². The van der Waals surface area contributed by atoms with Crippen LogP contribution in [0.1, 0.15) is 24.8 Å². The van der Waals surface area contributed by atoms with Gasteiger partial charge in [-0.3, -0.25) is 4.90 Å². The molecule has 2 aromatic carbocycles. The lowest BCUT2D eigenvalue weighted by molar-refractivity contribution is 0.0466. The van der Waals surface area contributed by atoms with Crippen molar-refractivity contribution in [3.8, 4) is 23.0 Å². The Hall–Kier alpha value is -2.43. The maximum atomic E-state index is 12.5. The summed E-state index contributed by atoms with van der Waals surface area (Å²) in [6.45, 7) is 4.73. The van der Waals surface area contributed by atoms with Crippen LogP contribution in [-0.2, 0) is 11.2 Å². The molecule has 2 atom stereocenters. The van der Waals surface area contributed by atoms with Crippen molar-refractivity contribution in [2.45, 2.75) is 37.8 Å². The van der Waals surface area contributed by atoms with Gasteiger partial charge in [0, 0.05) is 13.1 Å². The minimum Gasteiger partial charge on any atom is -0.493 e. The van der Waals surface area contributed by atoms with E-state index in [4.69, 9.17) is 23.7 Å². The van der Waals surface area contributed by atoms with Crippen molar-refractivity contribution in [1.29, 1.82) is 0 Å². The molecule has 3 heterocycles. The quantitative estimate of drug-likeness (QED) is 0.451. The number of carbonyl (C=O) groups is 1. The zero-order chi connectivity index (χ0) is 24.9. The van der Waals surface area contributed by atoms with Gasteiger partial charge in [0.05, 0.1) is 20.3 Å². The van der Waals surface area contributed by atoms with Gasteiger partial charge in [-0.1, -0.05) is 18.2 Å². The summed E-state index contributed by atoms with van der Waals surface area (Å²) < 4.78 is 28.2. The lowest BCUT2D eigenvalue weighted by Gasteiger charge is -2.36. The second-order valence-electron chi connectivity index (χ2n) is 9.85. The summed E-state index contributed by atoms with van der Waals surface area (Å²) in [6, 6.07) is 13.8. The molecule has 0 radical (unpaired) electrons. The summed E-state index contributed by atoms with van der Waals surface area (Å²) in [5, 5.41) is 0. The first kappa shape index (κ1) is 30.1. The van der Waals surface area contributed by atoms with Crippen molar-refractivity contribution < 1.29 is 28.5 Å². The summed E-state index contributed by atoms with van der Waals surface area (Å²) >= 11 is 0. The molecule has 10 heteroatoms. The van der Waals surface area contributed by atoms with Crippen LogP contribution in [0.3, 0.4) is 0 Å². The lowest BCUT2D eigenvalue weighted by Crippen LogP contribution is -2.44. The average Bonchev–Trinajstić information content (AvgIpc) is 3.26. The topological polar surface area (TPSA) is 69.7 Å². The molecule has 1 amide bonds. The maximum absolute atomic E-state index is 12.5. The van der Waals surface area contributed by atoms with Gasteiger partial charge in [0.1, 0.15) is 19.3 Å². The molecule has 5 rings (SSSR count). The van der Waals surface area contributed by atoms with Crippen LogP contribution in [0.25, 0.3) is 0 Å². The molecule has 0 N–H and O–H groups in total. The Morgan fingerprint density at radius 1 is 0.921 bits per heavy atom. The normalized spacial score (nSPS) is 21.2. The Kier molecular flexibility index (Phi) is 11.2. The van der Waals surface area contributed by atoms with Gasteiger partial charge in [0.2, 0.25) is 0 Å². The molecule has 2 saturated heterocycles. The van der Waals surface area contributed by atoms with Crippen molar-refractivity contribution in [1.82, 2.24) is 9.80 Å². The van der Waals surface area contributed by atoms with Crippen molar-refractivity contribution >= 4 is 33.1 Å². The fourth-order valence-electron chi connectivity index (χ4n) is 5.43. The minimum atomic E-state index is -0.201. The number of rotatable bonds is 9. The molecule has 3 aliphatic rings. The van der Waals surface area contributed by atoms with Crippen LogP contribution >= 0.6 is 27.0 Å². The van der Waals surface area contributed by atoms with Gasteiger partial charge >= 0.3 is 6.09 Å². The van der Waals surface area contributed by atoms with Crippen LogP contribution in [-0.4, -0.2) is 81.7 Å². The third kappa shape index (κ3) is 7.15. The second kappa shape index (κ2) is 14.1. The van der Waals surface area contributed by atoms with Crippen molar-refractivity contribution in [3.63, 3.8) is 0 Å². The third-order valence-corrected chi connectivity index (χ3v) is 7.51. The molecule has 0 bridgehead atoms. The number of methoxy groups -OCH3 is 2. The van der Waals surface area contributed by atoms with Crippen LogP contribution in [0.5, 0.6) is 23.0 Å². The van der Waals surface area contributed by atoms with E-state index in [-0.39, 0.29) is 45.2 Å². The molecule has 2 fully saturated rings. The summed E-state index contributed by atoms with van der Waals surface area (Å²) in [6.07, 6.45) is 3.86. The van der Waals surface area contributed by atoms with Crippen molar-refractivity contribution in [3.05, 3.63) is 48.0 Å². The predicted molar refractivity (Wildman–Crippen MR) is 156 cm³/mol. The number of piperidine rings is 1. The maximum Gasteiger partial charge on any atom is 0.410 e. The van der Waals surface area contributed by atoms with Gasteiger partial charge in [-0.05, 0) is 74.5 Å². The Morgan fingerprint density at radius 3 is 2.39 bits per heavy atom. The molecule has 0 saturated carbocycles. The first-order valence-corrected chi connectivity index (χ1v) is 12.9. The number of para-hydroxylation sites is 2. The van der Waals surface area contributed by atoms with Crippen LogP contribution < -0.4 is 18.9 Å². The molecule has 38 heavy (non-hydrogen) atoms. The highest BCUT2D eigenvalue weighted by Crippen LogP contribution is 2.32. The summed E-state index contributed by atoms with van der Waals surface area (Å²) in [5.74, 6) is 3.69. The van der Waals surface area contributed by atoms with E-state index in [0.717, 1.165) is 68.9 Å². The molecular formula is C28H40N2O6S2. The molecule has 8 nitrogen and oxygen atoms in total. The highest BCUT2D eigenvalue weighted by Gasteiger charge is 2.34. The van der Waals surface area contributed by atoms with Gasteiger partial charge in [-0.15, -0.1) is 0 Å². The van der Waals surface area contributed by atoms with Crippen molar-refractivity contribution in [2.24, 2.45) is 5.92 Å². The van der Waals surface area contributed by atoms with E-state index in [1.54, 1.807) is 14.2 Å². The Bertz CT molecular complexity index is 1050. The van der Waals surface area contributed by atoms with E-state index in [1.807, 2.05) is 47.4 Å². The van der Waals surface area contributed by atoms with E-state index in [1.165, 1.54) is 0 Å². The lowest BCUT2D eigenvalue weighted by atomic mass is 9.93. The number of benzene rings is 2. The smallest absolute Gasteiger partial charge is 0.410 e.